The first-order valence-electron chi connectivity index (χ1n) is 8.40. The van der Waals surface area contributed by atoms with Crippen molar-refractivity contribution in [2.75, 3.05) is 5.32 Å². The molecule has 2 heterocycles. The van der Waals surface area contributed by atoms with E-state index >= 15 is 0 Å². The van der Waals surface area contributed by atoms with Crippen molar-refractivity contribution < 1.29 is 18.0 Å². The summed E-state index contributed by atoms with van der Waals surface area (Å²) in [4.78, 5) is 28.4. The van der Waals surface area contributed by atoms with Crippen molar-refractivity contribution in [1.82, 2.24) is 9.55 Å². The molecule has 0 atom stereocenters. The van der Waals surface area contributed by atoms with Crippen molar-refractivity contribution in [3.8, 4) is 11.3 Å². The zero-order valence-corrected chi connectivity index (χ0v) is 16.2. The van der Waals surface area contributed by atoms with E-state index in [0.29, 0.717) is 32.5 Å². The lowest BCUT2D eigenvalue weighted by molar-refractivity contribution is -0.116. The van der Waals surface area contributed by atoms with Crippen LogP contribution in [0.15, 0.2) is 51.0 Å². The molecule has 2 aromatic carbocycles. The van der Waals surface area contributed by atoms with E-state index in [9.17, 15) is 18.4 Å². The lowest BCUT2D eigenvalue weighted by Gasteiger charge is -2.03. The summed E-state index contributed by atoms with van der Waals surface area (Å²) in [5, 5.41) is 5.01. The van der Waals surface area contributed by atoms with Crippen molar-refractivity contribution >= 4 is 45.1 Å². The van der Waals surface area contributed by atoms with Crippen molar-refractivity contribution in [2.24, 2.45) is 0 Å². The molecule has 1 amide bonds. The number of thiazole rings is 1. The van der Waals surface area contributed by atoms with Gasteiger partial charge in [0.15, 0.2) is 22.3 Å². The molecule has 0 unspecified atom stereocenters. The fourth-order valence-electron chi connectivity index (χ4n) is 2.77. The Morgan fingerprint density at radius 1 is 1.21 bits per heavy atom. The van der Waals surface area contributed by atoms with E-state index in [0.717, 1.165) is 23.5 Å². The predicted molar refractivity (Wildman–Crippen MR) is 106 cm³/mol. The number of aromatic nitrogens is 2. The average molecular weight is 436 g/mol. The van der Waals surface area contributed by atoms with E-state index in [1.165, 1.54) is 16.7 Å². The number of fused-ring (bicyclic) bond motifs is 1. The SMILES string of the molecule is O=C(CCn1c(=O)oc2cc(Cl)ccc21)Nc1nc(-c2ccc(F)c(F)c2)cs1. The maximum Gasteiger partial charge on any atom is 0.419 e. The fourth-order valence-corrected chi connectivity index (χ4v) is 3.66. The number of anilines is 1. The molecule has 0 aliphatic rings. The molecule has 1 N–H and O–H groups in total. The Bertz CT molecular complexity index is 1280. The van der Waals surface area contributed by atoms with Crippen LogP contribution in [-0.4, -0.2) is 15.5 Å². The van der Waals surface area contributed by atoms with Crippen molar-refractivity contribution in [3.63, 3.8) is 0 Å². The van der Waals surface area contributed by atoms with Crippen molar-refractivity contribution in [2.45, 2.75) is 13.0 Å². The van der Waals surface area contributed by atoms with Gasteiger partial charge in [-0.15, -0.1) is 11.3 Å². The first-order valence-corrected chi connectivity index (χ1v) is 9.66. The second kappa shape index (κ2) is 7.76. The number of carbonyl (C=O) groups excluding carboxylic acids is 1. The van der Waals surface area contributed by atoms with Gasteiger partial charge in [-0.05, 0) is 30.3 Å². The van der Waals surface area contributed by atoms with Gasteiger partial charge in [-0.2, -0.15) is 0 Å². The third-order valence-electron chi connectivity index (χ3n) is 4.16. The molecule has 29 heavy (non-hydrogen) atoms. The standard InChI is InChI=1S/C19H12ClF2N3O3S/c20-11-2-4-15-16(8-11)28-19(27)25(15)6-5-17(26)24-18-23-14(9-29-18)10-1-3-12(21)13(22)7-10/h1-4,7-9H,5-6H2,(H,23,24,26). The number of oxazole rings is 1. The molecule has 0 fully saturated rings. The maximum atomic E-state index is 13.4. The Morgan fingerprint density at radius 2 is 2.03 bits per heavy atom. The van der Waals surface area contributed by atoms with Gasteiger partial charge in [-0.25, -0.2) is 18.6 Å². The van der Waals surface area contributed by atoms with Crippen LogP contribution in [0.3, 0.4) is 0 Å². The van der Waals surface area contributed by atoms with Gasteiger partial charge in [-0.3, -0.25) is 9.36 Å². The van der Waals surface area contributed by atoms with Crippen LogP contribution in [0.5, 0.6) is 0 Å². The van der Waals surface area contributed by atoms with Gasteiger partial charge in [0.2, 0.25) is 5.91 Å². The molecular weight excluding hydrogens is 424 g/mol. The summed E-state index contributed by atoms with van der Waals surface area (Å²) in [6.07, 6.45) is 0.0112. The van der Waals surface area contributed by atoms with Crippen molar-refractivity contribution in [3.05, 3.63) is 69.0 Å². The molecule has 0 saturated heterocycles. The molecule has 10 heteroatoms. The molecule has 4 rings (SSSR count). The third-order valence-corrected chi connectivity index (χ3v) is 5.15. The van der Waals surface area contributed by atoms with Crippen LogP contribution in [0.4, 0.5) is 13.9 Å². The lowest BCUT2D eigenvalue weighted by atomic mass is 10.2. The number of aryl methyl sites for hydroxylation is 1. The lowest BCUT2D eigenvalue weighted by Crippen LogP contribution is -2.19. The van der Waals surface area contributed by atoms with Crippen LogP contribution >= 0.6 is 22.9 Å². The summed E-state index contributed by atoms with van der Waals surface area (Å²) in [5.74, 6) is -2.85. The highest BCUT2D eigenvalue weighted by molar-refractivity contribution is 7.14. The predicted octanol–water partition coefficient (Wildman–Crippen LogP) is 4.68. The first kappa shape index (κ1) is 19.3. The highest BCUT2D eigenvalue weighted by atomic mass is 35.5. The van der Waals surface area contributed by atoms with Crippen molar-refractivity contribution in [1.29, 1.82) is 0 Å². The van der Waals surface area contributed by atoms with E-state index in [1.807, 2.05) is 0 Å². The second-order valence-corrected chi connectivity index (χ2v) is 7.39. The van der Waals surface area contributed by atoms with Crippen LogP contribution < -0.4 is 11.1 Å². The van der Waals surface area contributed by atoms with E-state index in [2.05, 4.69) is 10.3 Å². The Labute approximate surface area is 171 Å². The molecule has 4 aromatic rings. The Hall–Kier alpha value is -3.04. The van der Waals surface area contributed by atoms with E-state index in [-0.39, 0.29) is 18.9 Å². The monoisotopic (exact) mass is 435 g/mol. The summed E-state index contributed by atoms with van der Waals surface area (Å²) in [6, 6.07) is 8.27. The zero-order valence-electron chi connectivity index (χ0n) is 14.6. The molecule has 2 aromatic heterocycles. The minimum absolute atomic E-state index is 0.0112. The number of amides is 1. The second-order valence-electron chi connectivity index (χ2n) is 6.10. The number of benzene rings is 2. The van der Waals surface area contributed by atoms with Gasteiger partial charge < -0.3 is 9.73 Å². The zero-order chi connectivity index (χ0) is 20.5. The summed E-state index contributed by atoms with van der Waals surface area (Å²) in [5.41, 5.74) is 1.70. The number of rotatable bonds is 5. The Balaban J connectivity index is 1.43. The Morgan fingerprint density at radius 3 is 2.83 bits per heavy atom. The number of carbonyl (C=O) groups is 1. The summed E-state index contributed by atoms with van der Waals surface area (Å²) < 4.78 is 32.9. The van der Waals surface area contributed by atoms with Gasteiger partial charge >= 0.3 is 5.76 Å². The van der Waals surface area contributed by atoms with E-state index in [4.69, 9.17) is 16.0 Å². The molecular formula is C19H12ClF2N3O3S. The number of halogens is 3. The van der Waals surface area contributed by atoms with Crippen LogP contribution in [0.25, 0.3) is 22.4 Å². The molecule has 148 valence electrons. The van der Waals surface area contributed by atoms with E-state index < -0.39 is 17.4 Å². The van der Waals surface area contributed by atoms with Crippen LogP contribution in [0, 0.1) is 11.6 Å². The van der Waals surface area contributed by atoms with Crippen LogP contribution in [0.2, 0.25) is 5.02 Å². The van der Waals surface area contributed by atoms with E-state index in [1.54, 1.807) is 17.5 Å². The largest absolute Gasteiger partial charge is 0.419 e. The molecule has 6 nitrogen and oxygen atoms in total. The molecule has 0 radical (unpaired) electrons. The Kier molecular flexibility index (Phi) is 5.16. The number of hydrogen-bond donors (Lipinski definition) is 1. The minimum atomic E-state index is -0.972. The van der Waals surface area contributed by atoms with Gasteiger partial charge in [-0.1, -0.05) is 11.6 Å². The molecule has 0 bridgehead atoms. The highest BCUT2D eigenvalue weighted by Gasteiger charge is 2.13. The highest BCUT2D eigenvalue weighted by Crippen LogP contribution is 2.26. The normalized spacial score (nSPS) is 11.1. The van der Waals surface area contributed by atoms with Gasteiger partial charge in [0.25, 0.3) is 0 Å². The molecule has 0 spiro atoms. The average Bonchev–Trinajstić information content (AvgIpc) is 3.25. The number of hydrogen-bond acceptors (Lipinski definition) is 5. The summed E-state index contributed by atoms with van der Waals surface area (Å²) in [7, 11) is 0. The minimum Gasteiger partial charge on any atom is -0.408 e. The third kappa shape index (κ3) is 4.06. The first-order chi connectivity index (χ1) is 13.9. The topological polar surface area (TPSA) is 77.1 Å². The fraction of sp³-hybridized carbons (Fsp3) is 0.105. The quantitative estimate of drug-likeness (QED) is 0.494. The summed E-state index contributed by atoms with van der Waals surface area (Å²) >= 11 is 7.03. The molecule has 0 aliphatic carbocycles. The molecule has 0 saturated carbocycles. The smallest absolute Gasteiger partial charge is 0.408 e. The molecule has 0 aliphatic heterocycles. The number of nitrogens with zero attached hydrogens (tertiary/aromatic N) is 2. The van der Waals surface area contributed by atoms with Crippen LogP contribution in [0.1, 0.15) is 6.42 Å². The van der Waals surface area contributed by atoms with Gasteiger partial charge in [0, 0.05) is 35.0 Å². The van der Waals surface area contributed by atoms with Crippen LogP contribution in [-0.2, 0) is 11.3 Å². The maximum absolute atomic E-state index is 13.4. The van der Waals surface area contributed by atoms with Gasteiger partial charge in [0.1, 0.15) is 0 Å². The summed E-state index contributed by atoms with van der Waals surface area (Å²) in [6.45, 7) is 0.112. The van der Waals surface area contributed by atoms with Gasteiger partial charge in [0.05, 0.1) is 11.2 Å². The number of nitrogens with one attached hydrogen (secondary N) is 1.